The SMILES string of the molecule is Cc1ccccc1N1CCN(C(=O)CNC(=O)C(=O)C2CCCO2)CC1. The molecule has 0 bridgehead atoms. The van der Waals surface area contributed by atoms with Crippen molar-refractivity contribution in [2.75, 3.05) is 44.2 Å². The Morgan fingerprint density at radius 3 is 2.54 bits per heavy atom. The van der Waals surface area contributed by atoms with Crippen molar-refractivity contribution in [2.24, 2.45) is 0 Å². The van der Waals surface area contributed by atoms with Crippen LogP contribution in [0, 0.1) is 6.92 Å². The largest absolute Gasteiger partial charge is 0.370 e. The van der Waals surface area contributed by atoms with E-state index in [1.807, 2.05) is 12.1 Å². The Morgan fingerprint density at radius 1 is 1.15 bits per heavy atom. The molecule has 0 saturated carbocycles. The molecule has 2 amide bonds. The molecule has 2 heterocycles. The van der Waals surface area contributed by atoms with Gasteiger partial charge in [0.15, 0.2) is 0 Å². The van der Waals surface area contributed by atoms with Crippen LogP contribution in [-0.4, -0.2) is 67.9 Å². The number of nitrogens with zero attached hydrogens (tertiary/aromatic N) is 2. The summed E-state index contributed by atoms with van der Waals surface area (Å²) in [6, 6.07) is 8.19. The maximum absolute atomic E-state index is 12.3. The normalized spacial score (nSPS) is 20.1. The summed E-state index contributed by atoms with van der Waals surface area (Å²) in [6.45, 7) is 5.13. The van der Waals surface area contributed by atoms with Gasteiger partial charge in [-0.25, -0.2) is 0 Å². The third-order valence-corrected chi connectivity index (χ3v) is 4.93. The number of nitrogens with one attached hydrogen (secondary N) is 1. The molecule has 140 valence electrons. The Balaban J connectivity index is 1.44. The molecule has 2 saturated heterocycles. The van der Waals surface area contributed by atoms with Crippen molar-refractivity contribution < 1.29 is 19.1 Å². The number of hydrogen-bond acceptors (Lipinski definition) is 5. The number of para-hydroxylation sites is 1. The molecule has 1 unspecified atom stereocenters. The lowest BCUT2D eigenvalue weighted by Crippen LogP contribution is -2.52. The molecule has 0 aliphatic carbocycles. The van der Waals surface area contributed by atoms with Crippen LogP contribution in [0.4, 0.5) is 5.69 Å². The first-order valence-electron chi connectivity index (χ1n) is 9.08. The number of Topliss-reactive ketones (excluding diaryl/α,β-unsaturated/α-hetero) is 1. The standard InChI is InChI=1S/C19H25N3O4/c1-14-5-2-3-6-15(14)21-8-10-22(11-9-21)17(23)13-20-19(25)18(24)16-7-4-12-26-16/h2-3,5-6,16H,4,7-13H2,1H3,(H,20,25). The van der Waals surface area contributed by atoms with E-state index in [1.54, 1.807) is 4.90 Å². The molecule has 2 fully saturated rings. The molecule has 1 aromatic rings. The topological polar surface area (TPSA) is 79.0 Å². The van der Waals surface area contributed by atoms with Gasteiger partial charge in [-0.1, -0.05) is 18.2 Å². The van der Waals surface area contributed by atoms with Gasteiger partial charge in [-0.15, -0.1) is 0 Å². The quantitative estimate of drug-likeness (QED) is 0.775. The van der Waals surface area contributed by atoms with E-state index < -0.39 is 17.8 Å². The lowest BCUT2D eigenvalue weighted by molar-refractivity contribution is -0.144. The second-order valence-electron chi connectivity index (χ2n) is 6.70. The van der Waals surface area contributed by atoms with Crippen molar-refractivity contribution in [3.63, 3.8) is 0 Å². The molecule has 1 aromatic carbocycles. The van der Waals surface area contributed by atoms with Crippen LogP contribution in [0.2, 0.25) is 0 Å². The number of anilines is 1. The van der Waals surface area contributed by atoms with Crippen molar-refractivity contribution in [2.45, 2.75) is 25.9 Å². The Kier molecular flexibility index (Phi) is 5.88. The smallest absolute Gasteiger partial charge is 0.290 e. The van der Waals surface area contributed by atoms with Crippen molar-refractivity contribution in [3.05, 3.63) is 29.8 Å². The van der Waals surface area contributed by atoms with Crippen molar-refractivity contribution in [3.8, 4) is 0 Å². The van der Waals surface area contributed by atoms with Crippen LogP contribution in [-0.2, 0) is 19.1 Å². The Morgan fingerprint density at radius 2 is 1.88 bits per heavy atom. The molecule has 0 aromatic heterocycles. The number of ketones is 1. The van der Waals surface area contributed by atoms with Crippen LogP contribution in [0.5, 0.6) is 0 Å². The second-order valence-corrected chi connectivity index (χ2v) is 6.70. The summed E-state index contributed by atoms with van der Waals surface area (Å²) in [4.78, 5) is 40.1. The van der Waals surface area contributed by atoms with Crippen LogP contribution >= 0.6 is 0 Å². The third kappa shape index (κ3) is 4.22. The van der Waals surface area contributed by atoms with E-state index in [2.05, 4.69) is 29.3 Å². The molecule has 2 aliphatic heterocycles. The van der Waals surface area contributed by atoms with Gasteiger partial charge in [0.1, 0.15) is 6.10 Å². The monoisotopic (exact) mass is 359 g/mol. The predicted octanol–water partition coefficient (Wildman–Crippen LogP) is 0.508. The lowest BCUT2D eigenvalue weighted by atomic mass is 10.1. The van der Waals surface area contributed by atoms with Crippen LogP contribution in [0.1, 0.15) is 18.4 Å². The number of amides is 2. The minimum Gasteiger partial charge on any atom is -0.370 e. The molecule has 3 rings (SSSR count). The van der Waals surface area contributed by atoms with Crippen molar-refractivity contribution in [1.82, 2.24) is 10.2 Å². The molecule has 0 radical (unpaired) electrons. The first kappa shape index (κ1) is 18.4. The minimum absolute atomic E-state index is 0.151. The van der Waals surface area contributed by atoms with Gasteiger partial charge in [0, 0.05) is 38.5 Å². The fourth-order valence-electron chi connectivity index (χ4n) is 3.40. The van der Waals surface area contributed by atoms with Crippen LogP contribution < -0.4 is 10.2 Å². The van der Waals surface area contributed by atoms with Gasteiger partial charge < -0.3 is 19.9 Å². The molecule has 7 heteroatoms. The zero-order valence-electron chi connectivity index (χ0n) is 15.1. The highest BCUT2D eigenvalue weighted by Crippen LogP contribution is 2.20. The average Bonchev–Trinajstić information content (AvgIpc) is 3.20. The van der Waals surface area contributed by atoms with Gasteiger partial charge >= 0.3 is 0 Å². The average molecular weight is 359 g/mol. The molecular formula is C19H25N3O4. The second kappa shape index (κ2) is 8.31. The molecule has 1 N–H and O–H groups in total. The fraction of sp³-hybridized carbons (Fsp3) is 0.526. The number of benzene rings is 1. The Bertz CT molecular complexity index is 677. The van der Waals surface area contributed by atoms with E-state index in [4.69, 9.17) is 4.74 Å². The van der Waals surface area contributed by atoms with Crippen molar-refractivity contribution in [1.29, 1.82) is 0 Å². The summed E-state index contributed by atoms with van der Waals surface area (Å²) in [5.41, 5.74) is 2.40. The van der Waals surface area contributed by atoms with Gasteiger partial charge in [0.25, 0.3) is 5.91 Å². The zero-order valence-corrected chi connectivity index (χ0v) is 15.1. The predicted molar refractivity (Wildman–Crippen MR) is 97.0 cm³/mol. The number of rotatable bonds is 5. The van der Waals surface area contributed by atoms with E-state index in [0.29, 0.717) is 26.1 Å². The highest BCUT2D eigenvalue weighted by molar-refractivity contribution is 6.38. The molecule has 7 nitrogen and oxygen atoms in total. The summed E-state index contributed by atoms with van der Waals surface area (Å²) in [6.07, 6.45) is 0.706. The molecular weight excluding hydrogens is 334 g/mol. The summed E-state index contributed by atoms with van der Waals surface area (Å²) < 4.78 is 5.21. The first-order chi connectivity index (χ1) is 12.6. The summed E-state index contributed by atoms with van der Waals surface area (Å²) in [5, 5.41) is 2.44. The Hall–Kier alpha value is -2.41. The van der Waals surface area contributed by atoms with Gasteiger partial charge in [-0.05, 0) is 31.4 Å². The highest BCUT2D eigenvalue weighted by Gasteiger charge is 2.30. The molecule has 2 aliphatic rings. The lowest BCUT2D eigenvalue weighted by Gasteiger charge is -2.36. The fourth-order valence-corrected chi connectivity index (χ4v) is 3.40. The molecule has 1 atom stereocenters. The van der Waals surface area contributed by atoms with Gasteiger partial charge in [-0.3, -0.25) is 14.4 Å². The van der Waals surface area contributed by atoms with E-state index in [0.717, 1.165) is 19.5 Å². The molecule has 0 spiro atoms. The van der Waals surface area contributed by atoms with Crippen LogP contribution in [0.3, 0.4) is 0 Å². The van der Waals surface area contributed by atoms with E-state index in [1.165, 1.54) is 11.3 Å². The van der Waals surface area contributed by atoms with Crippen LogP contribution in [0.25, 0.3) is 0 Å². The number of aryl methyl sites for hydroxylation is 1. The number of carbonyl (C=O) groups is 3. The summed E-state index contributed by atoms with van der Waals surface area (Å²) in [5.74, 6) is -1.48. The highest BCUT2D eigenvalue weighted by atomic mass is 16.5. The first-order valence-corrected chi connectivity index (χ1v) is 9.08. The van der Waals surface area contributed by atoms with E-state index in [9.17, 15) is 14.4 Å². The number of piperazine rings is 1. The third-order valence-electron chi connectivity index (χ3n) is 4.93. The zero-order chi connectivity index (χ0) is 18.5. The van der Waals surface area contributed by atoms with E-state index >= 15 is 0 Å². The maximum atomic E-state index is 12.3. The summed E-state index contributed by atoms with van der Waals surface area (Å²) >= 11 is 0. The van der Waals surface area contributed by atoms with Gasteiger partial charge in [0.05, 0.1) is 6.54 Å². The van der Waals surface area contributed by atoms with Gasteiger partial charge in [-0.2, -0.15) is 0 Å². The number of carbonyl (C=O) groups excluding carboxylic acids is 3. The Labute approximate surface area is 153 Å². The summed E-state index contributed by atoms with van der Waals surface area (Å²) in [7, 11) is 0. The maximum Gasteiger partial charge on any atom is 0.290 e. The van der Waals surface area contributed by atoms with Gasteiger partial charge in [0.2, 0.25) is 11.7 Å². The molecule has 26 heavy (non-hydrogen) atoms. The van der Waals surface area contributed by atoms with Crippen LogP contribution in [0.15, 0.2) is 24.3 Å². The van der Waals surface area contributed by atoms with Crippen molar-refractivity contribution >= 4 is 23.3 Å². The number of ether oxygens (including phenoxy) is 1. The van der Waals surface area contributed by atoms with E-state index in [-0.39, 0.29) is 12.5 Å². The number of hydrogen-bond donors (Lipinski definition) is 1. The minimum atomic E-state index is -0.733.